The molecule has 0 aliphatic rings. The van der Waals surface area contributed by atoms with Crippen LogP contribution in [0, 0.1) is 6.92 Å². The normalized spacial score (nSPS) is 13.0. The Kier molecular flexibility index (Phi) is 2.43. The van der Waals surface area contributed by atoms with Gasteiger partial charge in [0, 0.05) is 11.9 Å². The van der Waals surface area contributed by atoms with Gasteiger partial charge in [0.05, 0.1) is 0 Å². The molecule has 0 spiro atoms. The molecular weight excluding hydrogens is 122 g/mol. The fourth-order valence-corrected chi connectivity index (χ4v) is 0.815. The molecule has 0 aromatic carbocycles. The lowest BCUT2D eigenvalue weighted by Gasteiger charge is -2.05. The molecule has 1 aromatic rings. The zero-order valence-electron chi connectivity index (χ0n) is 6.25. The summed E-state index contributed by atoms with van der Waals surface area (Å²) < 4.78 is 0. The van der Waals surface area contributed by atoms with Crippen LogP contribution in [0.15, 0.2) is 24.4 Å². The molecular formula is C9H12N. The van der Waals surface area contributed by atoms with Crippen molar-refractivity contribution in [3.8, 4) is 0 Å². The minimum absolute atomic E-state index is 0.487. The zero-order chi connectivity index (χ0) is 7.40. The van der Waals surface area contributed by atoms with Crippen LogP contribution in [0.25, 0.3) is 0 Å². The van der Waals surface area contributed by atoms with Crippen molar-refractivity contribution in [2.24, 2.45) is 0 Å². The van der Waals surface area contributed by atoms with Crippen LogP contribution in [0.3, 0.4) is 0 Å². The van der Waals surface area contributed by atoms with Crippen molar-refractivity contribution in [2.45, 2.75) is 19.3 Å². The summed E-state index contributed by atoms with van der Waals surface area (Å²) in [5.74, 6) is 0.487. The van der Waals surface area contributed by atoms with Crippen molar-refractivity contribution in [1.29, 1.82) is 0 Å². The number of hydrogen-bond acceptors (Lipinski definition) is 1. The first kappa shape index (κ1) is 7.26. The Bertz CT molecular complexity index is 181. The summed E-state index contributed by atoms with van der Waals surface area (Å²) in [6.45, 7) is 5.96. The van der Waals surface area contributed by atoms with E-state index >= 15 is 0 Å². The Labute approximate surface area is 62.1 Å². The summed E-state index contributed by atoms with van der Waals surface area (Å²) in [4.78, 5) is 4.21. The van der Waals surface area contributed by atoms with Crippen LogP contribution in [-0.2, 0) is 0 Å². The molecule has 0 aliphatic heterocycles. The summed E-state index contributed by atoms with van der Waals surface area (Å²) in [7, 11) is 0. The Morgan fingerprint density at radius 3 is 2.90 bits per heavy atom. The highest BCUT2D eigenvalue weighted by atomic mass is 14.7. The maximum absolute atomic E-state index is 4.21. The first-order valence-electron chi connectivity index (χ1n) is 3.54. The second-order valence-corrected chi connectivity index (χ2v) is 2.44. The first-order chi connectivity index (χ1) is 4.84. The third-order valence-electron chi connectivity index (χ3n) is 1.63. The Morgan fingerprint density at radius 2 is 2.40 bits per heavy atom. The van der Waals surface area contributed by atoms with Crippen LogP contribution < -0.4 is 0 Å². The van der Waals surface area contributed by atoms with Gasteiger partial charge < -0.3 is 0 Å². The highest BCUT2D eigenvalue weighted by molar-refractivity contribution is 5.08. The standard InChI is InChI=1S/C9H12N/c1-3-8(2)9-6-4-5-7-10-9/h4-8H,1,3H2,2H3. The number of pyridine rings is 1. The molecule has 0 bridgehead atoms. The molecule has 1 heteroatoms. The maximum atomic E-state index is 4.21. The average molecular weight is 134 g/mol. The maximum Gasteiger partial charge on any atom is 0.0431 e. The van der Waals surface area contributed by atoms with Gasteiger partial charge in [-0.15, -0.1) is 0 Å². The topological polar surface area (TPSA) is 12.9 Å². The molecule has 10 heavy (non-hydrogen) atoms. The van der Waals surface area contributed by atoms with Gasteiger partial charge in [-0.25, -0.2) is 0 Å². The van der Waals surface area contributed by atoms with Gasteiger partial charge in [0.25, 0.3) is 0 Å². The highest BCUT2D eigenvalue weighted by Crippen LogP contribution is 2.13. The van der Waals surface area contributed by atoms with E-state index in [4.69, 9.17) is 0 Å². The van der Waals surface area contributed by atoms with E-state index in [-0.39, 0.29) is 0 Å². The van der Waals surface area contributed by atoms with E-state index in [1.165, 1.54) is 0 Å². The van der Waals surface area contributed by atoms with Crippen LogP contribution in [0.1, 0.15) is 25.0 Å². The van der Waals surface area contributed by atoms with Crippen LogP contribution in [0.4, 0.5) is 0 Å². The SMILES string of the molecule is [CH2]CC(C)c1ccccn1. The van der Waals surface area contributed by atoms with Crippen LogP contribution >= 0.6 is 0 Å². The van der Waals surface area contributed by atoms with Crippen molar-refractivity contribution in [1.82, 2.24) is 4.98 Å². The van der Waals surface area contributed by atoms with Crippen molar-refractivity contribution < 1.29 is 0 Å². The van der Waals surface area contributed by atoms with E-state index in [2.05, 4.69) is 18.8 Å². The molecule has 0 fully saturated rings. The molecule has 0 amide bonds. The predicted molar refractivity (Wildman–Crippen MR) is 42.6 cm³/mol. The minimum Gasteiger partial charge on any atom is -0.261 e. The van der Waals surface area contributed by atoms with Gasteiger partial charge in [-0.3, -0.25) is 4.98 Å². The summed E-state index contributed by atoms with van der Waals surface area (Å²) in [5.41, 5.74) is 1.14. The van der Waals surface area contributed by atoms with Crippen molar-refractivity contribution in [3.63, 3.8) is 0 Å². The van der Waals surface area contributed by atoms with Crippen molar-refractivity contribution in [3.05, 3.63) is 37.0 Å². The molecule has 1 rings (SSSR count). The molecule has 0 aliphatic carbocycles. The van der Waals surface area contributed by atoms with E-state index in [1.807, 2.05) is 24.4 Å². The Balaban J connectivity index is 2.75. The molecule has 0 saturated heterocycles. The van der Waals surface area contributed by atoms with Crippen molar-refractivity contribution in [2.75, 3.05) is 0 Å². The first-order valence-corrected chi connectivity index (χ1v) is 3.54. The predicted octanol–water partition coefficient (Wildman–Crippen LogP) is 2.41. The van der Waals surface area contributed by atoms with Crippen molar-refractivity contribution >= 4 is 0 Å². The number of nitrogens with zero attached hydrogens (tertiary/aromatic N) is 1. The number of hydrogen-bond donors (Lipinski definition) is 0. The van der Waals surface area contributed by atoms with E-state index in [9.17, 15) is 0 Å². The molecule has 1 aromatic heterocycles. The second-order valence-electron chi connectivity index (χ2n) is 2.44. The quantitative estimate of drug-likeness (QED) is 0.605. The molecule has 1 radical (unpaired) electrons. The zero-order valence-corrected chi connectivity index (χ0v) is 6.25. The minimum atomic E-state index is 0.487. The third-order valence-corrected chi connectivity index (χ3v) is 1.63. The van der Waals surface area contributed by atoms with Crippen LogP contribution in [0.5, 0.6) is 0 Å². The van der Waals surface area contributed by atoms with Gasteiger partial charge >= 0.3 is 0 Å². The van der Waals surface area contributed by atoms with Crippen LogP contribution in [0.2, 0.25) is 0 Å². The van der Waals surface area contributed by atoms with Gasteiger partial charge in [0.2, 0.25) is 0 Å². The highest BCUT2D eigenvalue weighted by Gasteiger charge is 2.00. The van der Waals surface area contributed by atoms with Gasteiger partial charge in [-0.2, -0.15) is 0 Å². The molecule has 1 atom stereocenters. The van der Waals surface area contributed by atoms with Gasteiger partial charge in [-0.1, -0.05) is 19.9 Å². The van der Waals surface area contributed by atoms with E-state index < -0.39 is 0 Å². The lowest BCUT2D eigenvalue weighted by atomic mass is 10.1. The van der Waals surface area contributed by atoms with Gasteiger partial charge in [-0.05, 0) is 24.5 Å². The summed E-state index contributed by atoms with van der Waals surface area (Å²) in [6, 6.07) is 5.98. The fourth-order valence-electron chi connectivity index (χ4n) is 0.815. The number of aromatic nitrogens is 1. The fraction of sp³-hybridized carbons (Fsp3) is 0.333. The van der Waals surface area contributed by atoms with Gasteiger partial charge in [0.1, 0.15) is 0 Å². The van der Waals surface area contributed by atoms with Gasteiger partial charge in [0.15, 0.2) is 0 Å². The lowest BCUT2D eigenvalue weighted by Crippen LogP contribution is -1.93. The smallest absolute Gasteiger partial charge is 0.0431 e. The monoisotopic (exact) mass is 134 g/mol. The largest absolute Gasteiger partial charge is 0.261 e. The summed E-state index contributed by atoms with van der Waals surface area (Å²) in [5, 5.41) is 0. The molecule has 0 saturated carbocycles. The van der Waals surface area contributed by atoms with Crippen LogP contribution in [-0.4, -0.2) is 4.98 Å². The lowest BCUT2D eigenvalue weighted by molar-refractivity contribution is 0.747. The average Bonchev–Trinajstić information content (AvgIpc) is 2.05. The second kappa shape index (κ2) is 3.35. The summed E-state index contributed by atoms with van der Waals surface area (Å²) in [6.07, 6.45) is 2.73. The molecule has 53 valence electrons. The van der Waals surface area contributed by atoms with E-state index in [0.29, 0.717) is 5.92 Å². The summed E-state index contributed by atoms with van der Waals surface area (Å²) >= 11 is 0. The molecule has 1 nitrogen and oxygen atoms in total. The molecule has 1 unspecified atom stereocenters. The Hall–Kier alpha value is -0.850. The van der Waals surface area contributed by atoms with E-state index in [1.54, 1.807) is 0 Å². The Morgan fingerprint density at radius 1 is 1.60 bits per heavy atom. The van der Waals surface area contributed by atoms with E-state index in [0.717, 1.165) is 12.1 Å². The molecule has 1 heterocycles. The number of rotatable bonds is 2. The third kappa shape index (κ3) is 1.56. The molecule has 0 N–H and O–H groups in total.